The van der Waals surface area contributed by atoms with Gasteiger partial charge in [-0.25, -0.2) is 0 Å². The van der Waals surface area contributed by atoms with Crippen molar-refractivity contribution < 1.29 is 4.79 Å². The Balaban J connectivity index is 1.91. The van der Waals surface area contributed by atoms with Crippen LogP contribution in [0.3, 0.4) is 0 Å². The molecule has 0 aliphatic carbocycles. The number of benzene rings is 2. The van der Waals surface area contributed by atoms with Crippen LogP contribution in [0, 0.1) is 6.92 Å². The number of nitrogens with one attached hydrogen (secondary N) is 2. The van der Waals surface area contributed by atoms with Crippen LogP contribution in [0.5, 0.6) is 0 Å². The van der Waals surface area contributed by atoms with E-state index < -0.39 is 0 Å². The van der Waals surface area contributed by atoms with E-state index in [0.29, 0.717) is 5.02 Å². The Labute approximate surface area is 144 Å². The van der Waals surface area contributed by atoms with Crippen LogP contribution in [0.2, 0.25) is 5.02 Å². The van der Waals surface area contributed by atoms with Crippen molar-refractivity contribution in [3.05, 3.63) is 63.1 Å². The molecule has 0 aliphatic rings. The van der Waals surface area contributed by atoms with Gasteiger partial charge in [-0.1, -0.05) is 35.9 Å². The van der Waals surface area contributed by atoms with E-state index in [4.69, 9.17) is 11.6 Å². The standard InChI is InChI=1S/C17H18BrClN2O/c1-11-7-8-16(14(18)9-11)21-17(22)10-20-12(2)13-5-3-4-6-15(13)19/h3-9,12,20H,10H2,1-2H3,(H,21,22). The molecule has 1 unspecified atom stereocenters. The summed E-state index contributed by atoms with van der Waals surface area (Å²) in [5, 5.41) is 6.75. The van der Waals surface area contributed by atoms with Gasteiger partial charge in [0.15, 0.2) is 0 Å². The van der Waals surface area contributed by atoms with Crippen LogP contribution in [0.4, 0.5) is 5.69 Å². The fraction of sp³-hybridized carbons (Fsp3) is 0.235. The molecule has 2 aromatic carbocycles. The minimum Gasteiger partial charge on any atom is -0.324 e. The number of hydrogen-bond donors (Lipinski definition) is 2. The van der Waals surface area contributed by atoms with E-state index in [-0.39, 0.29) is 18.5 Å². The lowest BCUT2D eigenvalue weighted by Gasteiger charge is -2.16. The highest BCUT2D eigenvalue weighted by molar-refractivity contribution is 9.10. The zero-order chi connectivity index (χ0) is 16.1. The van der Waals surface area contributed by atoms with Crippen LogP contribution in [-0.4, -0.2) is 12.5 Å². The van der Waals surface area contributed by atoms with Crippen molar-refractivity contribution in [3.63, 3.8) is 0 Å². The Hall–Kier alpha value is -1.36. The fourth-order valence-corrected chi connectivity index (χ4v) is 2.99. The Kier molecular flexibility index (Phi) is 6.00. The normalized spacial score (nSPS) is 12.0. The van der Waals surface area contributed by atoms with Gasteiger partial charge in [0.1, 0.15) is 0 Å². The van der Waals surface area contributed by atoms with Gasteiger partial charge in [-0.05, 0) is 59.1 Å². The van der Waals surface area contributed by atoms with Gasteiger partial charge in [-0.3, -0.25) is 4.79 Å². The summed E-state index contributed by atoms with van der Waals surface area (Å²) < 4.78 is 0.875. The maximum Gasteiger partial charge on any atom is 0.238 e. The van der Waals surface area contributed by atoms with E-state index >= 15 is 0 Å². The molecule has 0 spiro atoms. The summed E-state index contributed by atoms with van der Waals surface area (Å²) in [5.41, 5.74) is 2.88. The molecular weight excluding hydrogens is 364 g/mol. The summed E-state index contributed by atoms with van der Waals surface area (Å²) in [6.07, 6.45) is 0. The largest absolute Gasteiger partial charge is 0.324 e. The second-order valence-electron chi connectivity index (χ2n) is 5.16. The van der Waals surface area contributed by atoms with Gasteiger partial charge in [-0.2, -0.15) is 0 Å². The van der Waals surface area contributed by atoms with Crippen molar-refractivity contribution in [2.75, 3.05) is 11.9 Å². The van der Waals surface area contributed by atoms with Gasteiger partial charge in [0.05, 0.1) is 12.2 Å². The van der Waals surface area contributed by atoms with E-state index in [9.17, 15) is 4.79 Å². The Morgan fingerprint density at radius 1 is 1.27 bits per heavy atom. The smallest absolute Gasteiger partial charge is 0.238 e. The molecule has 0 aliphatic heterocycles. The van der Waals surface area contributed by atoms with E-state index in [1.807, 2.05) is 56.3 Å². The summed E-state index contributed by atoms with van der Waals surface area (Å²) in [7, 11) is 0. The third-order valence-corrected chi connectivity index (χ3v) is 4.34. The SMILES string of the molecule is Cc1ccc(NC(=O)CNC(C)c2ccccc2Cl)c(Br)c1. The zero-order valence-corrected chi connectivity index (χ0v) is 14.8. The van der Waals surface area contributed by atoms with Crippen molar-refractivity contribution in [1.29, 1.82) is 0 Å². The number of amides is 1. The average Bonchev–Trinajstić information content (AvgIpc) is 2.48. The number of carbonyl (C=O) groups excluding carboxylic acids is 1. The van der Waals surface area contributed by atoms with Crippen LogP contribution in [0.25, 0.3) is 0 Å². The molecule has 2 aromatic rings. The lowest BCUT2D eigenvalue weighted by Crippen LogP contribution is -2.30. The second kappa shape index (κ2) is 7.77. The molecule has 0 aromatic heterocycles. The summed E-state index contributed by atoms with van der Waals surface area (Å²) in [6, 6.07) is 13.4. The molecule has 3 nitrogen and oxygen atoms in total. The topological polar surface area (TPSA) is 41.1 Å². The third-order valence-electron chi connectivity index (χ3n) is 3.34. The first-order valence-corrected chi connectivity index (χ1v) is 8.18. The third kappa shape index (κ3) is 4.57. The van der Waals surface area contributed by atoms with Gasteiger partial charge < -0.3 is 10.6 Å². The Bertz CT molecular complexity index is 675. The van der Waals surface area contributed by atoms with Crippen LogP contribution < -0.4 is 10.6 Å². The van der Waals surface area contributed by atoms with Crippen molar-refractivity contribution in [1.82, 2.24) is 5.32 Å². The van der Waals surface area contributed by atoms with E-state index in [2.05, 4.69) is 26.6 Å². The highest BCUT2D eigenvalue weighted by Gasteiger charge is 2.11. The maximum absolute atomic E-state index is 12.0. The molecule has 2 N–H and O–H groups in total. The highest BCUT2D eigenvalue weighted by Crippen LogP contribution is 2.24. The first kappa shape index (κ1) is 17.0. The molecule has 0 saturated carbocycles. The molecular formula is C17H18BrClN2O. The lowest BCUT2D eigenvalue weighted by atomic mass is 10.1. The molecule has 5 heteroatoms. The summed E-state index contributed by atoms with van der Waals surface area (Å²) in [6.45, 7) is 4.20. The molecule has 2 rings (SSSR count). The first-order valence-electron chi connectivity index (χ1n) is 7.01. The van der Waals surface area contributed by atoms with Crippen molar-refractivity contribution in [2.45, 2.75) is 19.9 Å². The molecule has 0 bridgehead atoms. The number of anilines is 1. The first-order chi connectivity index (χ1) is 10.5. The lowest BCUT2D eigenvalue weighted by molar-refractivity contribution is -0.115. The number of aryl methyl sites for hydroxylation is 1. The second-order valence-corrected chi connectivity index (χ2v) is 6.42. The summed E-state index contributed by atoms with van der Waals surface area (Å²) in [4.78, 5) is 12.0. The van der Waals surface area contributed by atoms with Gasteiger partial charge in [0.2, 0.25) is 5.91 Å². The number of halogens is 2. The Morgan fingerprint density at radius 2 is 2.00 bits per heavy atom. The van der Waals surface area contributed by atoms with Gasteiger partial charge in [-0.15, -0.1) is 0 Å². The summed E-state index contributed by atoms with van der Waals surface area (Å²) in [5.74, 6) is -0.0940. The molecule has 1 atom stereocenters. The molecule has 0 radical (unpaired) electrons. The van der Waals surface area contributed by atoms with E-state index in [1.165, 1.54) is 0 Å². The van der Waals surface area contributed by atoms with E-state index in [1.54, 1.807) is 0 Å². The summed E-state index contributed by atoms with van der Waals surface area (Å²) >= 11 is 9.60. The van der Waals surface area contributed by atoms with Crippen LogP contribution in [-0.2, 0) is 4.79 Å². The molecule has 22 heavy (non-hydrogen) atoms. The number of carbonyl (C=O) groups is 1. The number of rotatable bonds is 5. The predicted molar refractivity (Wildman–Crippen MR) is 95.4 cm³/mol. The van der Waals surface area contributed by atoms with Gasteiger partial charge in [0, 0.05) is 15.5 Å². The maximum atomic E-state index is 12.0. The molecule has 1 amide bonds. The van der Waals surface area contributed by atoms with E-state index in [0.717, 1.165) is 21.3 Å². The molecule has 116 valence electrons. The molecule has 0 saturated heterocycles. The van der Waals surface area contributed by atoms with Gasteiger partial charge in [0.25, 0.3) is 0 Å². The van der Waals surface area contributed by atoms with Crippen LogP contribution in [0.15, 0.2) is 46.9 Å². The fourth-order valence-electron chi connectivity index (χ4n) is 2.10. The van der Waals surface area contributed by atoms with Crippen molar-refractivity contribution in [3.8, 4) is 0 Å². The minimum atomic E-state index is -0.0940. The molecule has 0 fully saturated rings. The molecule has 0 heterocycles. The van der Waals surface area contributed by atoms with Crippen molar-refractivity contribution >= 4 is 39.1 Å². The average molecular weight is 382 g/mol. The zero-order valence-electron chi connectivity index (χ0n) is 12.5. The Morgan fingerprint density at radius 3 is 2.68 bits per heavy atom. The number of hydrogen-bond acceptors (Lipinski definition) is 2. The highest BCUT2D eigenvalue weighted by atomic mass is 79.9. The van der Waals surface area contributed by atoms with Gasteiger partial charge >= 0.3 is 0 Å². The predicted octanol–water partition coefficient (Wildman–Crippen LogP) is 4.70. The van der Waals surface area contributed by atoms with Crippen molar-refractivity contribution in [2.24, 2.45) is 0 Å². The van der Waals surface area contributed by atoms with Crippen LogP contribution in [0.1, 0.15) is 24.1 Å². The minimum absolute atomic E-state index is 0.000841. The monoisotopic (exact) mass is 380 g/mol. The van der Waals surface area contributed by atoms with Crippen LogP contribution >= 0.6 is 27.5 Å². The quantitative estimate of drug-likeness (QED) is 0.788.